The molecule has 24 nitrogen and oxygen atoms in total. The van der Waals surface area contributed by atoms with E-state index in [1.54, 1.807) is 12.1 Å². The summed E-state index contributed by atoms with van der Waals surface area (Å²) < 4.78 is 21.0. The number of amides is 6. The monoisotopic (exact) mass is 912 g/mol. The van der Waals surface area contributed by atoms with Crippen molar-refractivity contribution in [2.24, 2.45) is 0 Å². The van der Waals surface area contributed by atoms with Crippen molar-refractivity contribution in [2.75, 3.05) is 97.9 Å². The molecule has 1 aromatic carbocycles. The fourth-order valence-electron chi connectivity index (χ4n) is 5.25. The van der Waals surface area contributed by atoms with Gasteiger partial charge in [0.25, 0.3) is 5.91 Å². The van der Waals surface area contributed by atoms with Crippen LogP contribution in [0.25, 0.3) is 0 Å². The normalized spacial score (nSPS) is 12.2. The van der Waals surface area contributed by atoms with Gasteiger partial charge in [-0.3, -0.25) is 33.6 Å². The number of carboxylic acid groups (broad SMARTS) is 3. The molecule has 0 fully saturated rings. The minimum Gasteiger partial charge on any atom is -0.480 e. The van der Waals surface area contributed by atoms with E-state index >= 15 is 0 Å². The summed E-state index contributed by atoms with van der Waals surface area (Å²) in [5.74, 6) is -6.99. The number of carbonyl (C=O) groups excluding carboxylic acids is 6. The summed E-state index contributed by atoms with van der Waals surface area (Å²) >= 11 is 0. The third-order valence-corrected chi connectivity index (χ3v) is 8.70. The quantitative estimate of drug-likeness (QED) is 0.0314. The summed E-state index contributed by atoms with van der Waals surface area (Å²) in [7, 11) is 1.48. The molecule has 6 amide bonds. The van der Waals surface area contributed by atoms with Crippen LogP contribution in [0.5, 0.6) is 0 Å². The van der Waals surface area contributed by atoms with Gasteiger partial charge in [-0.15, -0.1) is 0 Å². The molecule has 3 atom stereocenters. The van der Waals surface area contributed by atoms with E-state index < -0.39 is 66.8 Å². The fourth-order valence-corrected chi connectivity index (χ4v) is 5.25. The number of carbonyl (C=O) groups is 9. The zero-order chi connectivity index (χ0) is 47.5. The third kappa shape index (κ3) is 27.9. The Hall–Kier alpha value is -5.95. The van der Waals surface area contributed by atoms with Gasteiger partial charge in [0.15, 0.2) is 0 Å². The highest BCUT2D eigenvalue weighted by Gasteiger charge is 2.25. The van der Waals surface area contributed by atoms with Crippen LogP contribution in [0.3, 0.4) is 0 Å². The van der Waals surface area contributed by atoms with Crippen molar-refractivity contribution in [1.82, 2.24) is 37.2 Å². The Bertz CT molecular complexity index is 1620. The number of nitrogens with one attached hydrogen (secondary N) is 8. The highest BCUT2D eigenvalue weighted by molar-refractivity contribution is 5.94. The highest BCUT2D eigenvalue weighted by Crippen LogP contribution is 2.09. The Labute approximate surface area is 371 Å². The van der Waals surface area contributed by atoms with Crippen LogP contribution in [0.1, 0.15) is 62.2 Å². The molecule has 0 aliphatic rings. The van der Waals surface area contributed by atoms with Gasteiger partial charge in [-0.25, -0.2) is 9.59 Å². The topological polar surface area (TPSA) is 347 Å². The lowest BCUT2D eigenvalue weighted by Crippen LogP contribution is -2.45. The second-order valence-corrected chi connectivity index (χ2v) is 13.9. The predicted molar refractivity (Wildman–Crippen MR) is 227 cm³/mol. The molecular formula is C40H64N8O16. The van der Waals surface area contributed by atoms with Gasteiger partial charge >= 0.3 is 17.9 Å². The number of carboxylic acids is 3. The fraction of sp³-hybridized carbons (Fsp3) is 0.625. The molecule has 11 N–H and O–H groups in total. The number of ether oxygens (including phenoxy) is 4. The van der Waals surface area contributed by atoms with Gasteiger partial charge < -0.3 is 76.8 Å². The Morgan fingerprint density at radius 2 is 0.938 bits per heavy atom. The van der Waals surface area contributed by atoms with Gasteiger partial charge in [0.05, 0.1) is 39.6 Å². The Balaban J connectivity index is 2.15. The van der Waals surface area contributed by atoms with Crippen molar-refractivity contribution >= 4 is 59.0 Å². The predicted octanol–water partition coefficient (Wildman–Crippen LogP) is -2.19. The van der Waals surface area contributed by atoms with Crippen LogP contribution in [0, 0.1) is 0 Å². The van der Waals surface area contributed by atoms with Crippen molar-refractivity contribution in [3.8, 4) is 0 Å². The molecule has 0 saturated carbocycles. The number of hydrogen-bond donors (Lipinski definition) is 11. The van der Waals surface area contributed by atoms with E-state index in [2.05, 4.69) is 49.5 Å². The Kier molecular flexibility index (Phi) is 30.2. The first kappa shape index (κ1) is 56.1. The molecule has 0 aromatic heterocycles. The van der Waals surface area contributed by atoms with Gasteiger partial charge in [-0.2, -0.15) is 0 Å². The first-order valence-corrected chi connectivity index (χ1v) is 20.8. The summed E-state index contributed by atoms with van der Waals surface area (Å²) in [6.45, 7) is 3.30. The average Bonchev–Trinajstić information content (AvgIpc) is 3.26. The minimum absolute atomic E-state index is 0.00824. The third-order valence-electron chi connectivity index (χ3n) is 8.70. The van der Waals surface area contributed by atoms with Crippen molar-refractivity contribution in [1.29, 1.82) is 0 Å². The summed E-state index contributed by atoms with van der Waals surface area (Å²) in [5.41, 5.74) is 1.43. The van der Waals surface area contributed by atoms with E-state index in [1.165, 1.54) is 7.05 Å². The maximum absolute atomic E-state index is 12.4. The van der Waals surface area contributed by atoms with Crippen molar-refractivity contribution in [3.63, 3.8) is 0 Å². The first-order valence-electron chi connectivity index (χ1n) is 20.8. The SMILES string of the molecule is CCCNc1ccc(C(=O)NCCNC(=O)COCCOCCNC(=O)CCC(NC(=O)CCC(NC(=O)COCCOCCNC(=O)CCC(NC)C(=O)O)C(=O)O)C(=O)O)cc1. The van der Waals surface area contributed by atoms with E-state index in [1.807, 2.05) is 12.1 Å². The highest BCUT2D eigenvalue weighted by atomic mass is 16.5. The summed E-state index contributed by atoms with van der Waals surface area (Å²) in [6, 6.07) is 3.31. The second kappa shape index (κ2) is 34.5. The molecule has 24 heteroatoms. The molecule has 0 heterocycles. The van der Waals surface area contributed by atoms with Crippen LogP contribution >= 0.6 is 0 Å². The van der Waals surface area contributed by atoms with E-state index in [0.717, 1.165) is 18.7 Å². The number of anilines is 1. The first-order chi connectivity index (χ1) is 30.7. The largest absolute Gasteiger partial charge is 0.480 e. The minimum atomic E-state index is -1.48. The van der Waals surface area contributed by atoms with Crippen LogP contribution in [0.4, 0.5) is 5.69 Å². The lowest BCUT2D eigenvalue weighted by atomic mass is 10.1. The smallest absolute Gasteiger partial charge is 0.326 e. The molecule has 0 aliphatic carbocycles. The van der Waals surface area contributed by atoms with E-state index in [9.17, 15) is 53.4 Å². The van der Waals surface area contributed by atoms with Crippen LogP contribution in [-0.4, -0.2) is 179 Å². The number of benzene rings is 1. The van der Waals surface area contributed by atoms with E-state index in [4.69, 9.17) is 24.1 Å². The summed E-state index contributed by atoms with van der Waals surface area (Å²) in [6.07, 6.45) is -0.229. The van der Waals surface area contributed by atoms with Crippen LogP contribution in [-0.2, 0) is 57.3 Å². The molecule has 0 bridgehead atoms. The van der Waals surface area contributed by atoms with Gasteiger partial charge in [-0.05, 0) is 57.0 Å². The van der Waals surface area contributed by atoms with Crippen molar-refractivity contribution < 1.29 is 77.4 Å². The second-order valence-electron chi connectivity index (χ2n) is 13.9. The molecule has 1 aromatic rings. The molecule has 0 aliphatic heterocycles. The van der Waals surface area contributed by atoms with Gasteiger partial charge in [-0.1, -0.05) is 6.92 Å². The van der Waals surface area contributed by atoms with Crippen LogP contribution in [0.15, 0.2) is 24.3 Å². The summed E-state index contributed by atoms with van der Waals surface area (Å²) in [4.78, 5) is 107. The Morgan fingerprint density at radius 3 is 1.44 bits per heavy atom. The van der Waals surface area contributed by atoms with E-state index in [-0.39, 0.29) is 122 Å². The van der Waals surface area contributed by atoms with Crippen molar-refractivity contribution in [3.05, 3.63) is 29.8 Å². The number of hydrogen-bond acceptors (Lipinski definition) is 15. The molecule has 0 radical (unpaired) electrons. The lowest BCUT2D eigenvalue weighted by molar-refractivity contribution is -0.144. The van der Waals surface area contributed by atoms with Gasteiger partial charge in [0.2, 0.25) is 29.5 Å². The van der Waals surface area contributed by atoms with Crippen LogP contribution < -0.4 is 42.5 Å². The number of likely N-dealkylation sites (N-methyl/N-ethyl adjacent to an activating group) is 1. The molecule has 0 spiro atoms. The molecule has 0 saturated heterocycles. The zero-order valence-corrected chi connectivity index (χ0v) is 36.3. The zero-order valence-electron chi connectivity index (χ0n) is 36.3. The molecule has 64 heavy (non-hydrogen) atoms. The molecule has 3 unspecified atom stereocenters. The summed E-state index contributed by atoms with van der Waals surface area (Å²) in [5, 5.41) is 48.7. The molecular weight excluding hydrogens is 848 g/mol. The number of aliphatic carboxylic acids is 3. The maximum Gasteiger partial charge on any atom is 0.326 e. The standard InChI is InChI=1S/C40H64N8O16/c1-3-14-42-28-6-4-27(5-7-28)37(54)46-16-15-43-35(52)25-63-23-21-61-20-18-45-33(50)12-9-30(39(57)58)47-34(51)13-10-31(40(59)60)48-36(53)26-64-24-22-62-19-17-44-32(49)11-8-29(41-2)38(55)56/h4-7,29-31,41-42H,3,8-26H2,1-2H3,(H,43,52)(H,44,49)(H,45,50)(H,46,54)(H,47,51)(H,48,53)(H,55,56)(H,57,58)(H,59,60). The van der Waals surface area contributed by atoms with Gasteiger partial charge in [0.1, 0.15) is 31.3 Å². The van der Waals surface area contributed by atoms with Crippen LogP contribution in [0.2, 0.25) is 0 Å². The van der Waals surface area contributed by atoms with Crippen molar-refractivity contribution in [2.45, 2.75) is 70.0 Å². The molecule has 1 rings (SSSR count). The van der Waals surface area contributed by atoms with Gasteiger partial charge in [0, 0.05) is 63.2 Å². The van der Waals surface area contributed by atoms with E-state index in [0.29, 0.717) is 5.56 Å². The molecule has 360 valence electrons. The number of rotatable bonds is 38. The maximum atomic E-state index is 12.4. The average molecular weight is 913 g/mol. The Morgan fingerprint density at radius 1 is 0.500 bits per heavy atom. The lowest BCUT2D eigenvalue weighted by Gasteiger charge is -2.17.